The summed E-state index contributed by atoms with van der Waals surface area (Å²) in [5, 5.41) is 0. The number of pyridine rings is 1. The maximum atomic E-state index is 4.54. The van der Waals surface area contributed by atoms with E-state index in [1.807, 2.05) is 6.20 Å². The predicted molar refractivity (Wildman–Crippen MR) is 103 cm³/mol. The van der Waals surface area contributed by atoms with E-state index >= 15 is 0 Å². The van der Waals surface area contributed by atoms with E-state index in [4.69, 9.17) is 0 Å². The van der Waals surface area contributed by atoms with Gasteiger partial charge in [0.05, 0.1) is 0 Å². The molecular formula is C19H36N2Sn. The van der Waals surface area contributed by atoms with Crippen LogP contribution in [0.4, 0.5) is 5.69 Å². The molecule has 0 saturated heterocycles. The van der Waals surface area contributed by atoms with Crippen LogP contribution in [0.2, 0.25) is 13.3 Å². The third-order valence-corrected chi connectivity index (χ3v) is 20.5. The molecule has 1 aromatic heterocycles. The van der Waals surface area contributed by atoms with Gasteiger partial charge in [-0.3, -0.25) is 0 Å². The van der Waals surface area contributed by atoms with E-state index in [2.05, 4.69) is 57.0 Å². The molecule has 1 rings (SSSR count). The Kier molecular flexibility index (Phi) is 9.46. The van der Waals surface area contributed by atoms with E-state index in [0.29, 0.717) is 0 Å². The first-order chi connectivity index (χ1) is 10.6. The summed E-state index contributed by atoms with van der Waals surface area (Å²) in [5.41, 5.74) is 1.45. The Bertz CT molecular complexity index is 396. The Morgan fingerprint density at radius 3 is 1.82 bits per heavy atom. The van der Waals surface area contributed by atoms with Crippen LogP contribution in [0.5, 0.6) is 0 Å². The Morgan fingerprint density at radius 2 is 1.41 bits per heavy atom. The van der Waals surface area contributed by atoms with Gasteiger partial charge in [-0.15, -0.1) is 0 Å². The van der Waals surface area contributed by atoms with Gasteiger partial charge in [0.25, 0.3) is 0 Å². The summed E-state index contributed by atoms with van der Waals surface area (Å²) in [5.74, 6) is 0. The number of unbranched alkanes of at least 4 members (excludes halogenated alkanes) is 3. The molecule has 0 N–H and O–H groups in total. The van der Waals surface area contributed by atoms with Gasteiger partial charge < -0.3 is 0 Å². The van der Waals surface area contributed by atoms with Crippen molar-refractivity contribution < 1.29 is 0 Å². The Balaban J connectivity index is 3.25. The summed E-state index contributed by atoms with van der Waals surface area (Å²) >= 11 is -2.35. The molecular weight excluding hydrogens is 375 g/mol. The fraction of sp³-hybridized carbons (Fsp3) is 0.737. The molecule has 22 heavy (non-hydrogen) atoms. The Labute approximate surface area is 142 Å². The second kappa shape index (κ2) is 10.5. The quantitative estimate of drug-likeness (QED) is 0.465. The zero-order chi connectivity index (χ0) is 16.4. The predicted octanol–water partition coefficient (Wildman–Crippen LogP) is 5.20. The van der Waals surface area contributed by atoms with Gasteiger partial charge in [-0.05, 0) is 0 Å². The number of hydrogen-bond donors (Lipinski definition) is 0. The fourth-order valence-electron chi connectivity index (χ4n) is 3.51. The molecule has 0 aliphatic carbocycles. The first-order valence-corrected chi connectivity index (χ1v) is 16.7. The number of nitrogens with zero attached hydrogens (tertiary/aromatic N) is 2. The van der Waals surface area contributed by atoms with Gasteiger partial charge in [-0.25, -0.2) is 0 Å². The van der Waals surface area contributed by atoms with E-state index in [1.54, 1.807) is 3.58 Å². The summed E-state index contributed by atoms with van der Waals surface area (Å²) in [6, 6.07) is 2.24. The number of anilines is 1. The van der Waals surface area contributed by atoms with Crippen molar-refractivity contribution in [3.8, 4) is 0 Å². The van der Waals surface area contributed by atoms with Gasteiger partial charge in [0, 0.05) is 0 Å². The van der Waals surface area contributed by atoms with E-state index in [9.17, 15) is 0 Å². The number of aromatic nitrogens is 1. The molecule has 0 saturated carbocycles. The average molecular weight is 411 g/mol. The van der Waals surface area contributed by atoms with Crippen molar-refractivity contribution in [2.45, 2.75) is 72.6 Å². The monoisotopic (exact) mass is 412 g/mol. The van der Waals surface area contributed by atoms with Crippen LogP contribution < -0.4 is 8.48 Å². The molecule has 2 nitrogen and oxygen atoms in total. The molecule has 0 radical (unpaired) electrons. The molecule has 126 valence electrons. The Hall–Kier alpha value is -0.251. The molecule has 0 aliphatic rings. The van der Waals surface area contributed by atoms with E-state index in [-0.39, 0.29) is 0 Å². The van der Waals surface area contributed by atoms with Crippen LogP contribution in [0.15, 0.2) is 18.5 Å². The van der Waals surface area contributed by atoms with Crippen molar-refractivity contribution in [1.82, 2.24) is 4.98 Å². The van der Waals surface area contributed by atoms with Gasteiger partial charge in [0.1, 0.15) is 0 Å². The van der Waals surface area contributed by atoms with Gasteiger partial charge in [-0.1, -0.05) is 0 Å². The molecule has 0 amide bonds. The molecule has 0 aliphatic heterocycles. The Morgan fingerprint density at radius 1 is 0.909 bits per heavy atom. The zero-order valence-corrected chi connectivity index (χ0v) is 18.3. The van der Waals surface area contributed by atoms with Crippen LogP contribution >= 0.6 is 0 Å². The van der Waals surface area contributed by atoms with Crippen molar-refractivity contribution in [2.24, 2.45) is 0 Å². The van der Waals surface area contributed by atoms with Crippen molar-refractivity contribution in [2.75, 3.05) is 19.0 Å². The van der Waals surface area contributed by atoms with Gasteiger partial charge in [0.2, 0.25) is 0 Å². The SMILES string of the molecule is CCC[CH2][Sn]([CH2]CCC)([CH2]CCC)[c]1cnccc1N(C)C. The van der Waals surface area contributed by atoms with Crippen LogP contribution in [-0.4, -0.2) is 37.5 Å². The molecule has 0 fully saturated rings. The standard InChI is InChI=1S/C7H9N2.3C4H9.Sn/c1-9(2)7-3-5-8-6-4-7;3*1-3-4-2;/h3,5-6H,1-2H3;3*1,3-4H2,2H3;. The molecule has 1 heterocycles. The van der Waals surface area contributed by atoms with Crippen LogP contribution in [0.25, 0.3) is 0 Å². The number of rotatable bonds is 11. The topological polar surface area (TPSA) is 16.1 Å². The van der Waals surface area contributed by atoms with E-state index in [0.717, 1.165) is 0 Å². The van der Waals surface area contributed by atoms with Crippen molar-refractivity contribution in [3.63, 3.8) is 0 Å². The summed E-state index contributed by atoms with van der Waals surface area (Å²) in [6.07, 6.45) is 12.4. The summed E-state index contributed by atoms with van der Waals surface area (Å²) < 4.78 is 6.23. The third-order valence-electron chi connectivity index (χ3n) is 4.88. The second-order valence-electron chi connectivity index (χ2n) is 6.88. The molecule has 0 spiro atoms. The van der Waals surface area contributed by atoms with E-state index < -0.39 is 18.4 Å². The minimum absolute atomic E-state index is 1.33. The van der Waals surface area contributed by atoms with E-state index in [1.165, 1.54) is 57.5 Å². The molecule has 0 atom stereocenters. The van der Waals surface area contributed by atoms with Gasteiger partial charge in [0.15, 0.2) is 0 Å². The van der Waals surface area contributed by atoms with Crippen molar-refractivity contribution >= 4 is 27.6 Å². The van der Waals surface area contributed by atoms with Crippen molar-refractivity contribution in [3.05, 3.63) is 18.5 Å². The zero-order valence-electron chi connectivity index (χ0n) is 15.5. The molecule has 3 heteroatoms. The molecule has 0 unspecified atom stereocenters. The van der Waals surface area contributed by atoms with Gasteiger partial charge >= 0.3 is 143 Å². The van der Waals surface area contributed by atoms with Crippen molar-refractivity contribution in [1.29, 1.82) is 0 Å². The van der Waals surface area contributed by atoms with Crippen LogP contribution in [-0.2, 0) is 0 Å². The summed E-state index contributed by atoms with van der Waals surface area (Å²) in [7, 11) is 4.38. The first-order valence-electron chi connectivity index (χ1n) is 9.23. The maximum absolute atomic E-state index is 4.54. The number of hydrogen-bond acceptors (Lipinski definition) is 2. The van der Waals surface area contributed by atoms with Crippen LogP contribution in [0.1, 0.15) is 59.3 Å². The second-order valence-corrected chi connectivity index (χ2v) is 20.0. The fourth-order valence-corrected chi connectivity index (χ4v) is 20.2. The van der Waals surface area contributed by atoms with Crippen LogP contribution in [0, 0.1) is 0 Å². The average Bonchev–Trinajstić information content (AvgIpc) is 2.54. The molecule has 1 aromatic rings. The normalized spacial score (nSPS) is 11.7. The molecule has 0 bridgehead atoms. The van der Waals surface area contributed by atoms with Gasteiger partial charge in [-0.2, -0.15) is 0 Å². The molecule has 0 aromatic carbocycles. The summed E-state index contributed by atoms with van der Waals surface area (Å²) in [4.78, 5) is 6.86. The minimum atomic E-state index is -2.35. The third kappa shape index (κ3) is 5.43. The summed E-state index contributed by atoms with van der Waals surface area (Å²) in [6.45, 7) is 7.02. The van der Waals surface area contributed by atoms with Crippen LogP contribution in [0.3, 0.4) is 0 Å². The first kappa shape index (κ1) is 19.8.